The average molecular weight is 383 g/mol. The Balaban J connectivity index is 2.40. The van der Waals surface area contributed by atoms with Crippen LogP contribution in [0.5, 0.6) is 28.7 Å². The van der Waals surface area contributed by atoms with E-state index in [9.17, 15) is 0 Å². The highest BCUT2D eigenvalue weighted by Gasteiger charge is 2.20. The van der Waals surface area contributed by atoms with Crippen molar-refractivity contribution in [2.75, 3.05) is 35.0 Å². The quantitative estimate of drug-likeness (QED) is 0.592. The van der Waals surface area contributed by atoms with Gasteiger partial charge in [0, 0.05) is 17.1 Å². The van der Waals surface area contributed by atoms with Crippen LogP contribution in [0.1, 0.15) is 12.6 Å². The van der Waals surface area contributed by atoms with Gasteiger partial charge < -0.3 is 23.7 Å². The maximum Gasteiger partial charge on any atom is 0.170 e. The minimum absolute atomic E-state index is 0.497. The van der Waals surface area contributed by atoms with Crippen LogP contribution in [0.4, 0.5) is 0 Å². The first-order valence-electron chi connectivity index (χ1n) is 8.98. The molecule has 0 aliphatic heterocycles. The third-order valence-corrected chi connectivity index (χ3v) is 4.49. The number of rotatable bonds is 7. The van der Waals surface area contributed by atoms with Gasteiger partial charge >= 0.3 is 0 Å². The van der Waals surface area contributed by atoms with Crippen LogP contribution in [0.15, 0.2) is 30.3 Å². The first-order chi connectivity index (χ1) is 13.6. The minimum Gasteiger partial charge on any atom is -0.497 e. The predicted molar refractivity (Wildman–Crippen MR) is 109 cm³/mol. The predicted octanol–water partition coefficient (Wildman–Crippen LogP) is 4.64. The normalized spacial score (nSPS) is 10.6. The molecule has 3 rings (SSSR count). The molecule has 0 bridgehead atoms. The van der Waals surface area contributed by atoms with Crippen molar-refractivity contribution in [1.29, 1.82) is 0 Å². The van der Waals surface area contributed by atoms with E-state index in [1.807, 2.05) is 38.1 Å². The number of ether oxygens (including phenoxy) is 5. The molecular weight excluding hydrogens is 358 g/mol. The maximum atomic E-state index is 5.93. The molecule has 0 N–H and O–H groups in total. The van der Waals surface area contributed by atoms with Crippen molar-refractivity contribution in [1.82, 2.24) is 4.98 Å². The lowest BCUT2D eigenvalue weighted by Crippen LogP contribution is -2.01. The molecule has 0 aliphatic rings. The fourth-order valence-corrected chi connectivity index (χ4v) is 3.23. The Morgan fingerprint density at radius 1 is 0.786 bits per heavy atom. The molecule has 0 unspecified atom stereocenters. The Bertz CT molecular complexity index is 1000. The van der Waals surface area contributed by atoms with Crippen LogP contribution in [0, 0.1) is 6.92 Å². The van der Waals surface area contributed by atoms with Gasteiger partial charge in [-0.05, 0) is 43.5 Å². The van der Waals surface area contributed by atoms with Crippen molar-refractivity contribution in [2.45, 2.75) is 13.8 Å². The smallest absolute Gasteiger partial charge is 0.170 e. The van der Waals surface area contributed by atoms with Gasteiger partial charge in [-0.15, -0.1) is 0 Å². The molecule has 0 spiro atoms. The minimum atomic E-state index is 0.497. The van der Waals surface area contributed by atoms with Crippen molar-refractivity contribution in [2.24, 2.45) is 0 Å². The SMILES string of the molecule is CCOc1c(OC)cc(OC)cc1-c1nc(C)cc2cc(OC)c(OC)cc12. The summed E-state index contributed by atoms with van der Waals surface area (Å²) in [5.74, 6) is 3.18. The Labute approximate surface area is 165 Å². The molecule has 6 nitrogen and oxygen atoms in total. The molecule has 1 heterocycles. The van der Waals surface area contributed by atoms with E-state index in [4.69, 9.17) is 28.7 Å². The van der Waals surface area contributed by atoms with E-state index in [-0.39, 0.29) is 0 Å². The van der Waals surface area contributed by atoms with Crippen molar-refractivity contribution in [3.8, 4) is 40.0 Å². The lowest BCUT2D eigenvalue weighted by molar-refractivity contribution is 0.310. The Morgan fingerprint density at radius 3 is 2.07 bits per heavy atom. The summed E-state index contributed by atoms with van der Waals surface area (Å²) in [6.07, 6.45) is 0. The van der Waals surface area contributed by atoms with Gasteiger partial charge in [-0.25, -0.2) is 0 Å². The molecule has 0 amide bonds. The van der Waals surface area contributed by atoms with E-state index in [1.165, 1.54) is 0 Å². The van der Waals surface area contributed by atoms with Crippen LogP contribution in [0.3, 0.4) is 0 Å². The molecule has 0 atom stereocenters. The molecular formula is C22H25NO5. The van der Waals surface area contributed by atoms with Crippen LogP contribution in [-0.4, -0.2) is 40.0 Å². The standard InChI is InChI=1S/C22H25NO5/c1-7-28-22-17(10-15(24-3)11-20(22)27-6)21-16-12-19(26-5)18(25-4)9-14(16)8-13(2)23-21/h8-12H,7H2,1-6H3. The molecule has 1 aromatic heterocycles. The number of aryl methyl sites for hydroxylation is 1. The number of pyridine rings is 1. The molecule has 3 aromatic rings. The summed E-state index contributed by atoms with van der Waals surface area (Å²) in [6.45, 7) is 4.39. The number of aromatic nitrogens is 1. The third kappa shape index (κ3) is 3.50. The first-order valence-corrected chi connectivity index (χ1v) is 8.98. The molecule has 0 saturated carbocycles. The van der Waals surface area contributed by atoms with Gasteiger partial charge in [-0.1, -0.05) is 0 Å². The van der Waals surface area contributed by atoms with Crippen LogP contribution < -0.4 is 23.7 Å². The molecule has 6 heteroatoms. The second-order valence-corrected chi connectivity index (χ2v) is 6.18. The zero-order chi connectivity index (χ0) is 20.3. The fraction of sp³-hybridized carbons (Fsp3) is 0.318. The summed E-state index contributed by atoms with van der Waals surface area (Å²) in [5.41, 5.74) is 2.43. The number of hydrogen-bond donors (Lipinski definition) is 0. The summed E-state index contributed by atoms with van der Waals surface area (Å²) >= 11 is 0. The van der Waals surface area contributed by atoms with Gasteiger partial charge in [0.05, 0.1) is 46.3 Å². The topological polar surface area (TPSA) is 59.0 Å². The van der Waals surface area contributed by atoms with Crippen LogP contribution in [-0.2, 0) is 0 Å². The summed E-state index contributed by atoms with van der Waals surface area (Å²) < 4.78 is 27.9. The Hall–Kier alpha value is -3.15. The van der Waals surface area contributed by atoms with Gasteiger partial charge in [0.2, 0.25) is 0 Å². The summed E-state index contributed by atoms with van der Waals surface area (Å²) in [4.78, 5) is 4.81. The maximum absolute atomic E-state index is 5.93. The average Bonchev–Trinajstić information content (AvgIpc) is 2.72. The molecule has 0 saturated heterocycles. The molecule has 0 aliphatic carbocycles. The molecule has 148 valence electrons. The molecule has 28 heavy (non-hydrogen) atoms. The molecule has 0 fully saturated rings. The van der Waals surface area contributed by atoms with Crippen molar-refractivity contribution in [3.05, 3.63) is 36.0 Å². The van der Waals surface area contributed by atoms with Crippen LogP contribution in [0.25, 0.3) is 22.0 Å². The van der Waals surface area contributed by atoms with Crippen molar-refractivity contribution >= 4 is 10.8 Å². The van der Waals surface area contributed by atoms with Gasteiger partial charge in [0.15, 0.2) is 23.0 Å². The largest absolute Gasteiger partial charge is 0.497 e. The van der Waals surface area contributed by atoms with Crippen LogP contribution in [0.2, 0.25) is 0 Å². The van der Waals surface area contributed by atoms with Gasteiger partial charge in [-0.2, -0.15) is 0 Å². The lowest BCUT2D eigenvalue weighted by atomic mass is 10.0. The third-order valence-electron chi connectivity index (χ3n) is 4.49. The summed E-state index contributed by atoms with van der Waals surface area (Å²) in [5, 5.41) is 1.91. The van der Waals surface area contributed by atoms with Crippen molar-refractivity contribution < 1.29 is 23.7 Å². The van der Waals surface area contributed by atoms with E-state index in [1.54, 1.807) is 34.5 Å². The molecule has 2 aromatic carbocycles. The van der Waals surface area contributed by atoms with E-state index in [2.05, 4.69) is 0 Å². The van der Waals surface area contributed by atoms with Gasteiger partial charge in [-0.3, -0.25) is 4.98 Å². The first kappa shape index (κ1) is 19.6. The highest BCUT2D eigenvalue weighted by molar-refractivity contribution is 5.98. The molecule has 0 radical (unpaired) electrons. The Morgan fingerprint density at radius 2 is 1.46 bits per heavy atom. The highest BCUT2D eigenvalue weighted by atomic mass is 16.5. The number of nitrogens with zero attached hydrogens (tertiary/aromatic N) is 1. The van der Waals surface area contributed by atoms with Crippen LogP contribution >= 0.6 is 0 Å². The highest BCUT2D eigenvalue weighted by Crippen LogP contribution is 2.44. The second kappa shape index (κ2) is 8.25. The Kier molecular flexibility index (Phi) is 5.78. The van der Waals surface area contributed by atoms with Gasteiger partial charge in [0.25, 0.3) is 0 Å². The monoisotopic (exact) mass is 383 g/mol. The zero-order valence-electron chi connectivity index (χ0n) is 17.1. The number of hydrogen-bond acceptors (Lipinski definition) is 6. The fourth-order valence-electron chi connectivity index (χ4n) is 3.23. The second-order valence-electron chi connectivity index (χ2n) is 6.18. The van der Waals surface area contributed by atoms with E-state index >= 15 is 0 Å². The summed E-state index contributed by atoms with van der Waals surface area (Å²) in [6, 6.07) is 9.60. The van der Waals surface area contributed by atoms with E-state index in [0.29, 0.717) is 35.4 Å². The van der Waals surface area contributed by atoms with E-state index in [0.717, 1.165) is 27.7 Å². The lowest BCUT2D eigenvalue weighted by Gasteiger charge is -2.18. The van der Waals surface area contributed by atoms with E-state index < -0.39 is 0 Å². The number of benzene rings is 2. The number of fused-ring (bicyclic) bond motifs is 1. The zero-order valence-corrected chi connectivity index (χ0v) is 17.1. The number of methoxy groups -OCH3 is 4. The van der Waals surface area contributed by atoms with Crippen molar-refractivity contribution in [3.63, 3.8) is 0 Å². The van der Waals surface area contributed by atoms with Gasteiger partial charge in [0.1, 0.15) is 5.75 Å². The summed E-state index contributed by atoms with van der Waals surface area (Å²) in [7, 11) is 6.47.